The van der Waals surface area contributed by atoms with E-state index >= 15 is 0 Å². The Labute approximate surface area is 124 Å². The van der Waals surface area contributed by atoms with Crippen molar-refractivity contribution in [3.05, 3.63) is 35.4 Å². The van der Waals surface area contributed by atoms with Crippen LogP contribution in [0.2, 0.25) is 0 Å². The lowest BCUT2D eigenvalue weighted by Gasteiger charge is -2.28. The molecular weight excluding hydrogens is 268 g/mol. The topological polar surface area (TPSA) is 73.5 Å². The van der Waals surface area contributed by atoms with Crippen molar-refractivity contribution in [3.8, 4) is 0 Å². The maximum atomic E-state index is 12.1. The Bertz CT molecular complexity index is 504. The predicted octanol–water partition coefficient (Wildman–Crippen LogP) is 0.0899. The molecule has 3 amide bonds. The highest BCUT2D eigenvalue weighted by Gasteiger charge is 2.20. The normalized spacial score (nSPS) is 13.5. The molecule has 0 unspecified atom stereocenters. The molecule has 0 atom stereocenters. The summed E-state index contributed by atoms with van der Waals surface area (Å²) in [4.78, 5) is 25.3. The number of nitrogens with one attached hydrogen (secondary N) is 3. The molecule has 21 heavy (non-hydrogen) atoms. The third-order valence-corrected chi connectivity index (χ3v) is 3.52. The fourth-order valence-corrected chi connectivity index (χ4v) is 2.33. The molecule has 0 saturated carbocycles. The van der Waals surface area contributed by atoms with Crippen molar-refractivity contribution >= 4 is 11.9 Å². The van der Waals surface area contributed by atoms with Crippen LogP contribution < -0.4 is 16.0 Å². The van der Waals surface area contributed by atoms with Gasteiger partial charge in [0.2, 0.25) is 5.91 Å². The number of rotatable bonds is 5. The zero-order valence-electron chi connectivity index (χ0n) is 12.3. The van der Waals surface area contributed by atoms with E-state index in [1.54, 1.807) is 4.90 Å². The molecule has 0 saturated heterocycles. The average molecular weight is 290 g/mol. The Hall–Kier alpha value is -2.08. The molecule has 1 aromatic rings. The summed E-state index contributed by atoms with van der Waals surface area (Å²) in [6.07, 6.45) is 0.859. The van der Waals surface area contributed by atoms with Crippen LogP contribution in [0.4, 0.5) is 4.79 Å². The molecule has 1 aliphatic heterocycles. The van der Waals surface area contributed by atoms with Gasteiger partial charge in [0.25, 0.3) is 0 Å². The maximum Gasteiger partial charge on any atom is 0.318 e. The van der Waals surface area contributed by atoms with Crippen LogP contribution in [0.3, 0.4) is 0 Å². The average Bonchev–Trinajstić information content (AvgIpc) is 2.52. The largest absolute Gasteiger partial charge is 0.353 e. The van der Waals surface area contributed by atoms with Gasteiger partial charge >= 0.3 is 6.03 Å². The molecule has 2 rings (SSSR count). The van der Waals surface area contributed by atoms with Crippen LogP contribution in [0.1, 0.15) is 11.1 Å². The van der Waals surface area contributed by atoms with Crippen LogP contribution in [0, 0.1) is 0 Å². The Kier molecular flexibility index (Phi) is 5.57. The fourth-order valence-electron chi connectivity index (χ4n) is 2.33. The quantitative estimate of drug-likeness (QED) is 0.673. The number of urea groups is 1. The molecule has 0 aromatic heterocycles. The van der Waals surface area contributed by atoms with Crippen molar-refractivity contribution in [2.75, 3.05) is 33.2 Å². The van der Waals surface area contributed by atoms with E-state index in [0.29, 0.717) is 26.2 Å². The standard InChI is InChI=1S/C15H22N4O2/c1-16-7-8-17-14(20)10-18-15(21)19-9-6-12-4-2-3-5-13(12)11-19/h2-5,16H,6-11H2,1H3,(H,17,20)(H,18,21). The van der Waals surface area contributed by atoms with Crippen LogP contribution in [0.25, 0.3) is 0 Å². The first-order valence-electron chi connectivity index (χ1n) is 7.21. The Morgan fingerprint density at radius 2 is 1.90 bits per heavy atom. The molecule has 1 heterocycles. The molecule has 6 heteroatoms. The van der Waals surface area contributed by atoms with E-state index < -0.39 is 0 Å². The number of hydrogen-bond donors (Lipinski definition) is 3. The van der Waals surface area contributed by atoms with Crippen molar-refractivity contribution in [1.29, 1.82) is 0 Å². The number of carbonyl (C=O) groups excluding carboxylic acids is 2. The number of hydrogen-bond acceptors (Lipinski definition) is 3. The SMILES string of the molecule is CNCCNC(=O)CNC(=O)N1CCc2ccccc2C1. The Morgan fingerprint density at radius 1 is 1.14 bits per heavy atom. The minimum absolute atomic E-state index is 0.0146. The van der Waals surface area contributed by atoms with Gasteiger partial charge in [-0.05, 0) is 24.6 Å². The number of amides is 3. The molecule has 0 radical (unpaired) electrons. The second-order valence-electron chi connectivity index (χ2n) is 5.05. The van der Waals surface area contributed by atoms with Gasteiger partial charge in [0.15, 0.2) is 0 Å². The molecule has 3 N–H and O–H groups in total. The minimum Gasteiger partial charge on any atom is -0.353 e. The van der Waals surface area contributed by atoms with Crippen molar-refractivity contribution in [2.45, 2.75) is 13.0 Å². The molecule has 0 aliphatic carbocycles. The first-order chi connectivity index (χ1) is 10.2. The number of nitrogens with zero attached hydrogens (tertiary/aromatic N) is 1. The van der Waals surface area contributed by atoms with Crippen LogP contribution in [-0.4, -0.2) is 50.1 Å². The highest BCUT2D eigenvalue weighted by molar-refractivity contribution is 5.84. The molecule has 0 bridgehead atoms. The lowest BCUT2D eigenvalue weighted by Crippen LogP contribution is -2.46. The maximum absolute atomic E-state index is 12.1. The summed E-state index contributed by atoms with van der Waals surface area (Å²) in [6.45, 7) is 2.57. The van der Waals surface area contributed by atoms with Gasteiger partial charge < -0.3 is 20.9 Å². The van der Waals surface area contributed by atoms with Crippen LogP contribution in [-0.2, 0) is 17.8 Å². The highest BCUT2D eigenvalue weighted by atomic mass is 16.2. The second kappa shape index (κ2) is 7.64. The molecular formula is C15H22N4O2. The van der Waals surface area contributed by atoms with E-state index in [0.717, 1.165) is 6.42 Å². The first kappa shape index (κ1) is 15.3. The molecule has 6 nitrogen and oxygen atoms in total. The van der Waals surface area contributed by atoms with Crippen molar-refractivity contribution in [2.24, 2.45) is 0 Å². The molecule has 114 valence electrons. The number of carbonyl (C=O) groups is 2. The van der Waals surface area contributed by atoms with E-state index in [4.69, 9.17) is 0 Å². The fraction of sp³-hybridized carbons (Fsp3) is 0.467. The third kappa shape index (κ3) is 4.46. The van der Waals surface area contributed by atoms with E-state index in [9.17, 15) is 9.59 Å². The van der Waals surface area contributed by atoms with Gasteiger partial charge in [-0.2, -0.15) is 0 Å². The van der Waals surface area contributed by atoms with Crippen LogP contribution in [0.15, 0.2) is 24.3 Å². The summed E-state index contributed by atoms with van der Waals surface area (Å²) in [5.74, 6) is -0.170. The van der Waals surface area contributed by atoms with Gasteiger partial charge in [-0.3, -0.25) is 4.79 Å². The summed E-state index contributed by atoms with van der Waals surface area (Å²) in [5, 5.41) is 8.33. The Balaban J connectivity index is 1.76. The van der Waals surface area contributed by atoms with Crippen LogP contribution in [0.5, 0.6) is 0 Å². The zero-order valence-corrected chi connectivity index (χ0v) is 12.3. The highest BCUT2D eigenvalue weighted by Crippen LogP contribution is 2.18. The van der Waals surface area contributed by atoms with E-state index in [1.165, 1.54) is 11.1 Å². The molecule has 0 spiro atoms. The smallest absolute Gasteiger partial charge is 0.318 e. The van der Waals surface area contributed by atoms with Gasteiger partial charge in [0, 0.05) is 26.2 Å². The lowest BCUT2D eigenvalue weighted by atomic mass is 10.0. The zero-order chi connectivity index (χ0) is 15.1. The minimum atomic E-state index is -0.187. The summed E-state index contributed by atoms with van der Waals surface area (Å²) < 4.78 is 0. The molecule has 1 aliphatic rings. The number of likely N-dealkylation sites (N-methyl/N-ethyl adjacent to an activating group) is 1. The number of fused-ring (bicyclic) bond motifs is 1. The van der Waals surface area contributed by atoms with Gasteiger partial charge in [-0.15, -0.1) is 0 Å². The summed E-state index contributed by atoms with van der Waals surface area (Å²) in [7, 11) is 1.82. The lowest BCUT2D eigenvalue weighted by molar-refractivity contribution is -0.120. The van der Waals surface area contributed by atoms with Gasteiger partial charge in [-0.1, -0.05) is 24.3 Å². The summed E-state index contributed by atoms with van der Waals surface area (Å²) in [6, 6.07) is 7.95. The van der Waals surface area contributed by atoms with E-state index in [2.05, 4.69) is 22.0 Å². The van der Waals surface area contributed by atoms with E-state index in [-0.39, 0.29) is 18.5 Å². The van der Waals surface area contributed by atoms with Crippen molar-refractivity contribution in [1.82, 2.24) is 20.9 Å². The monoisotopic (exact) mass is 290 g/mol. The van der Waals surface area contributed by atoms with Crippen molar-refractivity contribution < 1.29 is 9.59 Å². The summed E-state index contributed by atoms with van der Waals surface area (Å²) >= 11 is 0. The van der Waals surface area contributed by atoms with Crippen LogP contribution >= 0.6 is 0 Å². The van der Waals surface area contributed by atoms with Gasteiger partial charge in [-0.25, -0.2) is 4.79 Å². The summed E-state index contributed by atoms with van der Waals surface area (Å²) in [5.41, 5.74) is 2.48. The van der Waals surface area contributed by atoms with Gasteiger partial charge in [0.05, 0.1) is 6.54 Å². The first-order valence-corrected chi connectivity index (χ1v) is 7.21. The third-order valence-electron chi connectivity index (χ3n) is 3.52. The molecule has 0 fully saturated rings. The molecule has 1 aromatic carbocycles. The Morgan fingerprint density at radius 3 is 2.67 bits per heavy atom. The number of benzene rings is 1. The second-order valence-corrected chi connectivity index (χ2v) is 5.05. The van der Waals surface area contributed by atoms with Crippen molar-refractivity contribution in [3.63, 3.8) is 0 Å². The van der Waals surface area contributed by atoms with Gasteiger partial charge in [0.1, 0.15) is 0 Å². The predicted molar refractivity (Wildman–Crippen MR) is 80.9 cm³/mol. The van der Waals surface area contributed by atoms with E-state index in [1.807, 2.05) is 25.2 Å².